The first-order chi connectivity index (χ1) is 16.7. The van der Waals surface area contributed by atoms with Crippen LogP contribution in [0.4, 0.5) is 20.2 Å². The van der Waals surface area contributed by atoms with Gasteiger partial charge in [0.25, 0.3) is 17.7 Å². The van der Waals surface area contributed by atoms with Gasteiger partial charge in [0.15, 0.2) is 0 Å². The van der Waals surface area contributed by atoms with Crippen molar-refractivity contribution in [1.29, 1.82) is 5.26 Å². The van der Waals surface area contributed by atoms with E-state index in [1.54, 1.807) is 24.3 Å². The number of fused-ring (bicyclic) bond motifs is 1. The average molecular weight is 484 g/mol. The molecule has 0 aliphatic carbocycles. The van der Waals surface area contributed by atoms with Gasteiger partial charge in [-0.05, 0) is 24.3 Å². The van der Waals surface area contributed by atoms with Gasteiger partial charge in [0.1, 0.15) is 18.4 Å². The SMILES string of the molecule is CN1CCOc2cc(C(=O)Nc3cnccc3C(=O)NCC(=O)N3CC(F)(F)C[C@H]3C#N)ccc21. The minimum Gasteiger partial charge on any atom is -0.490 e. The lowest BCUT2D eigenvalue weighted by Crippen LogP contribution is -2.43. The third-order valence-corrected chi connectivity index (χ3v) is 5.77. The molecule has 10 nitrogen and oxygen atoms in total. The second kappa shape index (κ2) is 9.54. The van der Waals surface area contributed by atoms with Crippen LogP contribution in [0.3, 0.4) is 0 Å². The van der Waals surface area contributed by atoms with Crippen LogP contribution in [-0.4, -0.2) is 72.9 Å². The van der Waals surface area contributed by atoms with Gasteiger partial charge in [-0.15, -0.1) is 0 Å². The molecule has 1 aromatic carbocycles. The van der Waals surface area contributed by atoms with Crippen molar-refractivity contribution in [2.24, 2.45) is 0 Å². The lowest BCUT2D eigenvalue weighted by molar-refractivity contribution is -0.131. The van der Waals surface area contributed by atoms with Gasteiger partial charge in [-0.2, -0.15) is 5.26 Å². The Morgan fingerprint density at radius 2 is 2.09 bits per heavy atom. The third kappa shape index (κ3) is 5.13. The number of ether oxygens (including phenoxy) is 1. The Morgan fingerprint density at radius 3 is 2.86 bits per heavy atom. The summed E-state index contributed by atoms with van der Waals surface area (Å²) < 4.78 is 32.8. The highest BCUT2D eigenvalue weighted by atomic mass is 19.3. The predicted octanol–water partition coefficient (Wildman–Crippen LogP) is 1.65. The maximum Gasteiger partial charge on any atom is 0.268 e. The molecule has 3 heterocycles. The van der Waals surface area contributed by atoms with E-state index in [0.29, 0.717) is 17.9 Å². The molecule has 12 heteroatoms. The predicted molar refractivity (Wildman–Crippen MR) is 120 cm³/mol. The Labute approximate surface area is 199 Å². The molecule has 2 aliphatic heterocycles. The normalized spacial score (nSPS) is 18.2. The van der Waals surface area contributed by atoms with Crippen LogP contribution in [0.25, 0.3) is 0 Å². The van der Waals surface area contributed by atoms with E-state index in [1.165, 1.54) is 18.5 Å². The van der Waals surface area contributed by atoms with Crippen LogP contribution in [-0.2, 0) is 4.79 Å². The second-order valence-corrected chi connectivity index (χ2v) is 8.24. The Hall–Kier alpha value is -4.27. The summed E-state index contributed by atoms with van der Waals surface area (Å²) in [6.45, 7) is -0.244. The van der Waals surface area contributed by atoms with E-state index in [4.69, 9.17) is 10.00 Å². The molecule has 0 radical (unpaired) electrons. The van der Waals surface area contributed by atoms with E-state index in [9.17, 15) is 23.2 Å². The lowest BCUT2D eigenvalue weighted by Gasteiger charge is -2.27. The smallest absolute Gasteiger partial charge is 0.268 e. The molecule has 1 fully saturated rings. The first kappa shape index (κ1) is 23.9. The second-order valence-electron chi connectivity index (χ2n) is 8.24. The number of hydrogen-bond donors (Lipinski definition) is 2. The monoisotopic (exact) mass is 484 g/mol. The first-order valence-electron chi connectivity index (χ1n) is 10.8. The zero-order valence-electron chi connectivity index (χ0n) is 18.8. The maximum atomic E-state index is 13.6. The van der Waals surface area contributed by atoms with Crippen molar-refractivity contribution >= 4 is 29.1 Å². The van der Waals surface area contributed by atoms with E-state index in [2.05, 4.69) is 15.6 Å². The number of alkyl halides is 2. The number of rotatable bonds is 5. The number of benzene rings is 1. The van der Waals surface area contributed by atoms with Gasteiger partial charge in [0, 0.05) is 25.2 Å². The Balaban J connectivity index is 1.43. The van der Waals surface area contributed by atoms with E-state index < -0.39 is 49.2 Å². The summed E-state index contributed by atoms with van der Waals surface area (Å²) in [7, 11) is 1.92. The highest BCUT2D eigenvalue weighted by Crippen LogP contribution is 2.32. The van der Waals surface area contributed by atoms with Crippen molar-refractivity contribution in [2.45, 2.75) is 18.4 Å². The Morgan fingerprint density at radius 1 is 1.29 bits per heavy atom. The minimum absolute atomic E-state index is 0.0266. The molecule has 1 aromatic heterocycles. The van der Waals surface area contributed by atoms with Gasteiger partial charge in [0.05, 0.1) is 48.8 Å². The molecule has 182 valence electrons. The number of nitriles is 1. The number of halogens is 2. The van der Waals surface area contributed by atoms with Crippen LogP contribution in [0.1, 0.15) is 27.1 Å². The number of aromatic nitrogens is 1. The molecule has 2 aliphatic rings. The summed E-state index contributed by atoms with van der Waals surface area (Å²) >= 11 is 0. The minimum atomic E-state index is -3.15. The van der Waals surface area contributed by atoms with Crippen molar-refractivity contribution in [3.8, 4) is 11.8 Å². The molecule has 1 atom stereocenters. The highest BCUT2D eigenvalue weighted by molar-refractivity contribution is 6.09. The molecule has 3 amide bonds. The molecule has 0 saturated carbocycles. The number of likely N-dealkylation sites (N-methyl/N-ethyl adjacent to an activating group) is 1. The number of nitrogens with one attached hydrogen (secondary N) is 2. The lowest BCUT2D eigenvalue weighted by atomic mass is 10.1. The van der Waals surface area contributed by atoms with Gasteiger partial charge in [-0.1, -0.05) is 0 Å². The summed E-state index contributed by atoms with van der Waals surface area (Å²) in [6, 6.07) is 6.77. The molecular formula is C23H22F2N6O4. The van der Waals surface area contributed by atoms with E-state index in [0.717, 1.165) is 17.1 Å². The summed E-state index contributed by atoms with van der Waals surface area (Å²) in [5, 5.41) is 14.0. The number of amides is 3. The number of hydrogen-bond acceptors (Lipinski definition) is 7. The van der Waals surface area contributed by atoms with E-state index in [1.807, 2.05) is 11.9 Å². The van der Waals surface area contributed by atoms with Crippen molar-refractivity contribution in [3.05, 3.63) is 47.8 Å². The molecule has 35 heavy (non-hydrogen) atoms. The highest BCUT2D eigenvalue weighted by Gasteiger charge is 2.47. The van der Waals surface area contributed by atoms with Crippen LogP contribution in [0, 0.1) is 11.3 Å². The number of carbonyl (C=O) groups excluding carboxylic acids is 3. The van der Waals surface area contributed by atoms with Crippen LogP contribution in [0.5, 0.6) is 5.75 Å². The zero-order valence-corrected chi connectivity index (χ0v) is 18.8. The summed E-state index contributed by atoms with van der Waals surface area (Å²) in [6.07, 6.45) is 1.87. The number of pyridine rings is 1. The Bertz CT molecular complexity index is 1210. The average Bonchev–Trinajstić information content (AvgIpc) is 3.17. The van der Waals surface area contributed by atoms with Crippen molar-refractivity contribution < 1.29 is 27.9 Å². The third-order valence-electron chi connectivity index (χ3n) is 5.77. The summed E-state index contributed by atoms with van der Waals surface area (Å²) in [4.78, 5) is 44.6. The summed E-state index contributed by atoms with van der Waals surface area (Å²) in [5.41, 5.74) is 1.29. The molecule has 0 unspecified atom stereocenters. The van der Waals surface area contributed by atoms with Gasteiger partial charge in [-0.25, -0.2) is 8.78 Å². The van der Waals surface area contributed by atoms with Gasteiger partial charge >= 0.3 is 0 Å². The number of nitrogens with zero attached hydrogens (tertiary/aromatic N) is 4. The maximum absolute atomic E-state index is 13.6. The van der Waals surface area contributed by atoms with Crippen LogP contribution in [0.15, 0.2) is 36.7 Å². The number of anilines is 2. The zero-order chi connectivity index (χ0) is 25.2. The topological polar surface area (TPSA) is 128 Å². The van der Waals surface area contributed by atoms with E-state index >= 15 is 0 Å². The van der Waals surface area contributed by atoms with Gasteiger partial charge in [-0.3, -0.25) is 19.4 Å². The molecule has 1 saturated heterocycles. The quantitative estimate of drug-likeness (QED) is 0.661. The van der Waals surface area contributed by atoms with Crippen LogP contribution < -0.4 is 20.3 Å². The molecule has 0 bridgehead atoms. The fourth-order valence-corrected chi connectivity index (χ4v) is 3.93. The fraction of sp³-hybridized carbons (Fsp3) is 0.348. The molecule has 2 aromatic rings. The number of likely N-dealkylation sites (tertiary alicyclic amines) is 1. The fourth-order valence-electron chi connectivity index (χ4n) is 3.93. The molecule has 0 spiro atoms. The van der Waals surface area contributed by atoms with Crippen LogP contribution in [0.2, 0.25) is 0 Å². The molecule has 2 N–H and O–H groups in total. The Kier molecular flexibility index (Phi) is 6.50. The standard InChI is InChI=1S/C23H22F2N6O4/c1-30-6-7-35-19-8-14(2-3-18(19)30)21(33)29-17-11-27-5-4-16(17)22(34)28-12-20(32)31-13-23(24,25)9-15(31)10-26/h2-5,8,11,15H,6-7,9,12-13H2,1H3,(H,28,34)(H,29,33)/t15-/m0/s1. The van der Waals surface area contributed by atoms with Gasteiger partial charge < -0.3 is 25.2 Å². The summed E-state index contributed by atoms with van der Waals surface area (Å²) in [5.74, 6) is -4.61. The van der Waals surface area contributed by atoms with Crippen molar-refractivity contribution in [2.75, 3.05) is 43.5 Å². The molecule has 4 rings (SSSR count). The van der Waals surface area contributed by atoms with Crippen LogP contribution >= 0.6 is 0 Å². The first-order valence-corrected chi connectivity index (χ1v) is 10.8. The van der Waals surface area contributed by atoms with Crippen molar-refractivity contribution in [3.63, 3.8) is 0 Å². The number of carbonyl (C=O) groups is 3. The van der Waals surface area contributed by atoms with E-state index in [-0.39, 0.29) is 11.3 Å². The largest absolute Gasteiger partial charge is 0.490 e. The van der Waals surface area contributed by atoms with Crippen molar-refractivity contribution in [1.82, 2.24) is 15.2 Å². The molecular weight excluding hydrogens is 462 g/mol. The van der Waals surface area contributed by atoms with Gasteiger partial charge in [0.2, 0.25) is 5.91 Å².